The first-order chi connectivity index (χ1) is 6.20. The van der Waals surface area contributed by atoms with E-state index in [1.54, 1.807) is 0 Å². The van der Waals surface area contributed by atoms with E-state index >= 15 is 0 Å². The Kier molecular flexibility index (Phi) is 3.37. The molecular formula is C7H3Cl4F3. The maximum absolute atomic E-state index is 12.5. The highest BCUT2D eigenvalue weighted by atomic mass is 35.5. The van der Waals surface area contributed by atoms with Gasteiger partial charge in [-0.15, -0.1) is 23.2 Å². The highest BCUT2D eigenvalue weighted by Crippen LogP contribution is 2.48. The summed E-state index contributed by atoms with van der Waals surface area (Å²) in [7, 11) is 0. The predicted octanol–water partition coefficient (Wildman–Crippen LogP) is 4.39. The van der Waals surface area contributed by atoms with Crippen LogP contribution in [-0.2, 0) is 0 Å². The lowest BCUT2D eigenvalue weighted by Gasteiger charge is -2.33. The van der Waals surface area contributed by atoms with Crippen LogP contribution in [0.5, 0.6) is 0 Å². The number of allylic oxidation sites excluding steroid dienone is 4. The second kappa shape index (κ2) is 3.78. The monoisotopic (exact) mass is 284 g/mol. The highest BCUT2D eigenvalue weighted by Gasteiger charge is 2.58. The Morgan fingerprint density at radius 1 is 1.29 bits per heavy atom. The molecule has 0 heterocycles. The van der Waals surface area contributed by atoms with Crippen molar-refractivity contribution in [3.8, 4) is 0 Å². The molecule has 0 aromatic rings. The van der Waals surface area contributed by atoms with E-state index in [-0.39, 0.29) is 10.1 Å². The quantitative estimate of drug-likeness (QED) is 0.579. The largest absolute Gasteiger partial charge is 0.412 e. The molecular weight excluding hydrogens is 283 g/mol. The van der Waals surface area contributed by atoms with Gasteiger partial charge in [-0.2, -0.15) is 13.2 Å². The van der Waals surface area contributed by atoms with Crippen LogP contribution >= 0.6 is 46.4 Å². The van der Waals surface area contributed by atoms with E-state index in [0.717, 1.165) is 6.08 Å². The van der Waals surface area contributed by atoms with Crippen molar-refractivity contribution in [2.24, 2.45) is 0 Å². The van der Waals surface area contributed by atoms with Gasteiger partial charge in [0.25, 0.3) is 0 Å². The van der Waals surface area contributed by atoms with Crippen LogP contribution in [-0.4, -0.2) is 16.4 Å². The fourth-order valence-corrected chi connectivity index (χ4v) is 1.91. The van der Waals surface area contributed by atoms with Crippen LogP contribution in [0.2, 0.25) is 0 Å². The van der Waals surface area contributed by atoms with Crippen LogP contribution in [0.1, 0.15) is 0 Å². The maximum Gasteiger partial charge on any atom is 0.412 e. The van der Waals surface area contributed by atoms with E-state index in [0.29, 0.717) is 6.08 Å². The Balaban J connectivity index is 3.15. The van der Waals surface area contributed by atoms with Crippen molar-refractivity contribution >= 4 is 46.4 Å². The molecule has 0 bridgehead atoms. The van der Waals surface area contributed by atoms with Crippen LogP contribution in [0.25, 0.3) is 0 Å². The van der Waals surface area contributed by atoms with Gasteiger partial charge in [-0.1, -0.05) is 29.3 Å². The molecule has 7 heteroatoms. The summed E-state index contributed by atoms with van der Waals surface area (Å²) in [6.45, 7) is 0. The van der Waals surface area contributed by atoms with Crippen molar-refractivity contribution in [2.45, 2.75) is 16.4 Å². The van der Waals surface area contributed by atoms with E-state index in [9.17, 15) is 13.2 Å². The van der Waals surface area contributed by atoms with Crippen LogP contribution in [0, 0.1) is 0 Å². The molecule has 0 aromatic carbocycles. The molecule has 14 heavy (non-hydrogen) atoms. The number of halogens is 7. The molecule has 1 rings (SSSR count). The van der Waals surface area contributed by atoms with Gasteiger partial charge in [-0.05, 0) is 6.08 Å². The zero-order valence-corrected chi connectivity index (χ0v) is 9.40. The van der Waals surface area contributed by atoms with Gasteiger partial charge in [0.05, 0.1) is 10.1 Å². The molecule has 0 amide bonds. The molecule has 80 valence electrons. The third-order valence-corrected chi connectivity index (χ3v) is 3.92. The van der Waals surface area contributed by atoms with E-state index in [1.165, 1.54) is 0 Å². The molecule has 0 N–H and O–H groups in total. The summed E-state index contributed by atoms with van der Waals surface area (Å²) in [5.74, 6) is 0. The van der Waals surface area contributed by atoms with Crippen molar-refractivity contribution in [1.29, 1.82) is 0 Å². The molecule has 1 aliphatic carbocycles. The molecule has 1 aliphatic rings. The molecule has 2 atom stereocenters. The van der Waals surface area contributed by atoms with Crippen molar-refractivity contribution in [2.75, 3.05) is 0 Å². The second-order valence-corrected chi connectivity index (χ2v) is 4.53. The van der Waals surface area contributed by atoms with Crippen molar-refractivity contribution in [3.05, 3.63) is 22.2 Å². The molecule has 0 aliphatic heterocycles. The first kappa shape index (κ1) is 12.5. The molecule has 0 aromatic heterocycles. The molecule has 2 unspecified atom stereocenters. The Hall–Kier alpha value is 0.430. The summed E-state index contributed by atoms with van der Waals surface area (Å²) < 4.78 is 37.5. The summed E-state index contributed by atoms with van der Waals surface area (Å²) in [6, 6.07) is 0. The minimum atomic E-state index is -4.69. The van der Waals surface area contributed by atoms with Crippen LogP contribution in [0.4, 0.5) is 13.2 Å². The predicted molar refractivity (Wildman–Crippen MR) is 52.2 cm³/mol. The summed E-state index contributed by atoms with van der Waals surface area (Å²) in [4.78, 5) is -2.69. The molecule has 0 saturated carbocycles. The lowest BCUT2D eigenvalue weighted by Crippen LogP contribution is -2.47. The van der Waals surface area contributed by atoms with E-state index in [1.807, 2.05) is 0 Å². The van der Waals surface area contributed by atoms with Crippen LogP contribution in [0.15, 0.2) is 22.2 Å². The van der Waals surface area contributed by atoms with Gasteiger partial charge in [0.2, 0.25) is 0 Å². The van der Waals surface area contributed by atoms with Crippen molar-refractivity contribution < 1.29 is 13.2 Å². The third kappa shape index (κ3) is 1.87. The highest BCUT2D eigenvalue weighted by molar-refractivity contribution is 6.47. The van der Waals surface area contributed by atoms with Crippen molar-refractivity contribution in [3.63, 3.8) is 0 Å². The minimum absolute atomic E-state index is 0.0350. The van der Waals surface area contributed by atoms with Gasteiger partial charge in [0, 0.05) is 0 Å². The first-order valence-electron chi connectivity index (χ1n) is 3.34. The standard InChI is InChI=1S/C7H3Cl4F3/c8-3-1-2-6(11,7(12,13)14)5(10)4(3)9/h1-2,5H. The molecule has 0 fully saturated rings. The summed E-state index contributed by atoms with van der Waals surface area (Å²) in [5.41, 5.74) is 0. The minimum Gasteiger partial charge on any atom is -0.169 e. The zero-order valence-electron chi connectivity index (χ0n) is 6.38. The zero-order chi connectivity index (χ0) is 11.1. The maximum atomic E-state index is 12.5. The van der Waals surface area contributed by atoms with Gasteiger partial charge >= 0.3 is 6.18 Å². The SMILES string of the molecule is FC(F)(F)C1(Cl)C=CC(Cl)=C(Cl)C1Cl. The lowest BCUT2D eigenvalue weighted by atomic mass is 9.98. The third-order valence-electron chi connectivity index (χ3n) is 1.73. The number of rotatable bonds is 0. The molecule has 0 spiro atoms. The molecule has 0 saturated heterocycles. The van der Waals surface area contributed by atoms with E-state index < -0.39 is 16.4 Å². The van der Waals surface area contributed by atoms with Gasteiger partial charge in [-0.3, -0.25) is 0 Å². The first-order valence-corrected chi connectivity index (χ1v) is 4.91. The van der Waals surface area contributed by atoms with Crippen LogP contribution in [0.3, 0.4) is 0 Å². The van der Waals surface area contributed by atoms with Crippen molar-refractivity contribution in [1.82, 2.24) is 0 Å². The molecule has 0 radical (unpaired) electrons. The van der Waals surface area contributed by atoms with E-state index in [2.05, 4.69) is 0 Å². The fourth-order valence-electron chi connectivity index (χ4n) is 0.902. The Bertz CT molecular complexity index is 307. The Labute approximate surface area is 98.3 Å². The van der Waals surface area contributed by atoms with Gasteiger partial charge in [-0.25, -0.2) is 0 Å². The Morgan fingerprint density at radius 2 is 1.79 bits per heavy atom. The van der Waals surface area contributed by atoms with E-state index in [4.69, 9.17) is 46.4 Å². The Morgan fingerprint density at radius 3 is 2.21 bits per heavy atom. The fraction of sp³-hybridized carbons (Fsp3) is 0.429. The van der Waals surface area contributed by atoms with Gasteiger partial charge in [0.1, 0.15) is 5.38 Å². The van der Waals surface area contributed by atoms with Crippen LogP contribution < -0.4 is 0 Å². The average Bonchev–Trinajstić information content (AvgIpc) is 2.06. The topological polar surface area (TPSA) is 0 Å². The summed E-state index contributed by atoms with van der Waals surface area (Å²) >= 11 is 21.8. The smallest absolute Gasteiger partial charge is 0.169 e. The number of alkyl halides is 5. The average molecular weight is 286 g/mol. The summed E-state index contributed by atoms with van der Waals surface area (Å²) in [5, 5.41) is -1.95. The number of hydrogen-bond acceptors (Lipinski definition) is 0. The van der Waals surface area contributed by atoms with Gasteiger partial charge in [0.15, 0.2) is 4.87 Å². The second-order valence-electron chi connectivity index (χ2n) is 2.66. The normalized spacial score (nSPS) is 33.8. The molecule has 0 nitrogen and oxygen atoms in total. The lowest BCUT2D eigenvalue weighted by molar-refractivity contribution is -0.148. The summed E-state index contributed by atoms with van der Waals surface area (Å²) in [6.07, 6.45) is -3.00. The number of hydrogen-bond donors (Lipinski definition) is 0. The van der Waals surface area contributed by atoms with Gasteiger partial charge < -0.3 is 0 Å².